The Hall–Kier alpha value is -3.41. The van der Waals surface area contributed by atoms with Crippen LogP contribution in [0.4, 0.5) is 5.95 Å². The molecule has 2 aromatic carbocycles. The second-order valence-electron chi connectivity index (χ2n) is 9.15. The third kappa shape index (κ3) is 3.32. The van der Waals surface area contributed by atoms with Crippen LogP contribution in [0.5, 0.6) is 5.75 Å². The normalized spacial score (nSPS) is 19.5. The number of nitrogens with zero attached hydrogens (tertiary/aromatic N) is 3. The Morgan fingerprint density at radius 1 is 1.10 bits per heavy atom. The molecule has 1 atom stereocenters. The highest BCUT2D eigenvalue weighted by atomic mass is 16.5. The fraction of sp³-hybridized carbons (Fsp3) is 0.320. The number of methoxy groups -OCH3 is 1. The zero-order chi connectivity index (χ0) is 21.8. The fourth-order valence-corrected chi connectivity index (χ4v) is 4.64. The van der Waals surface area contributed by atoms with Gasteiger partial charge in [-0.1, -0.05) is 50.2 Å². The Morgan fingerprint density at radius 3 is 2.55 bits per heavy atom. The monoisotopic (exact) mass is 414 g/mol. The highest BCUT2D eigenvalue weighted by Crippen LogP contribution is 2.45. The van der Waals surface area contributed by atoms with E-state index >= 15 is 0 Å². The Bertz CT molecular complexity index is 1200. The third-order valence-electron chi connectivity index (χ3n) is 6.15. The van der Waals surface area contributed by atoms with E-state index in [2.05, 4.69) is 32.2 Å². The van der Waals surface area contributed by atoms with Gasteiger partial charge in [0.2, 0.25) is 5.95 Å². The number of hydrogen-bond donors (Lipinski definition) is 1. The fourth-order valence-electron chi connectivity index (χ4n) is 4.64. The average molecular weight is 415 g/mol. The average Bonchev–Trinajstić information content (AvgIpc) is 3.15. The molecule has 1 aromatic heterocycles. The number of allylic oxidation sites excluding steroid dienone is 2. The number of aromatic nitrogens is 3. The minimum Gasteiger partial charge on any atom is -0.497 e. The van der Waals surface area contributed by atoms with Crippen LogP contribution in [0.1, 0.15) is 43.9 Å². The first-order valence-corrected chi connectivity index (χ1v) is 10.6. The van der Waals surface area contributed by atoms with E-state index < -0.39 is 0 Å². The molecule has 6 heteroatoms. The maximum absolute atomic E-state index is 13.3. The Labute approximate surface area is 182 Å². The first-order valence-electron chi connectivity index (χ1n) is 10.6. The molecule has 31 heavy (non-hydrogen) atoms. The number of anilines is 1. The van der Waals surface area contributed by atoms with Crippen LogP contribution < -0.4 is 10.1 Å². The van der Waals surface area contributed by atoms with Crippen molar-refractivity contribution in [2.75, 3.05) is 12.4 Å². The SMILES string of the molecule is COc1ccc(C2C3=C(CC(C)(C)CC3=O)Nc3nc(-c4ccccc4C)nn32)cc1. The molecule has 1 unspecified atom stereocenters. The van der Waals surface area contributed by atoms with Gasteiger partial charge in [-0.05, 0) is 42.0 Å². The Balaban J connectivity index is 1.68. The molecule has 158 valence electrons. The Morgan fingerprint density at radius 2 is 1.84 bits per heavy atom. The number of benzene rings is 2. The zero-order valence-electron chi connectivity index (χ0n) is 18.3. The van der Waals surface area contributed by atoms with Crippen LogP contribution in [0.2, 0.25) is 0 Å². The number of nitrogens with one attached hydrogen (secondary N) is 1. The quantitative estimate of drug-likeness (QED) is 0.659. The largest absolute Gasteiger partial charge is 0.497 e. The van der Waals surface area contributed by atoms with Gasteiger partial charge in [0.15, 0.2) is 11.6 Å². The molecule has 1 aliphatic heterocycles. The van der Waals surface area contributed by atoms with Crippen molar-refractivity contribution in [2.24, 2.45) is 5.41 Å². The summed E-state index contributed by atoms with van der Waals surface area (Å²) in [6.07, 6.45) is 1.32. The molecule has 0 radical (unpaired) electrons. The minimum absolute atomic E-state index is 0.0889. The summed E-state index contributed by atoms with van der Waals surface area (Å²) in [5, 5.41) is 8.31. The number of aryl methyl sites for hydroxylation is 1. The van der Waals surface area contributed by atoms with Crippen LogP contribution in [-0.4, -0.2) is 27.7 Å². The van der Waals surface area contributed by atoms with Gasteiger partial charge in [0.25, 0.3) is 0 Å². The standard InChI is InChI=1S/C25H26N4O2/c1-15-7-5-6-8-18(15)23-27-24-26-19-13-25(2,3)14-20(30)21(19)22(29(24)28-23)16-9-11-17(31-4)12-10-16/h5-12,22H,13-14H2,1-4H3,(H,26,27,28). The highest BCUT2D eigenvalue weighted by Gasteiger charge is 2.41. The highest BCUT2D eigenvalue weighted by molar-refractivity contribution is 6.00. The number of ether oxygens (including phenoxy) is 1. The molecule has 1 N–H and O–H groups in total. The molecule has 0 fully saturated rings. The molecule has 2 heterocycles. The molecular formula is C25H26N4O2. The number of ketones is 1. The number of rotatable bonds is 3. The Kier molecular flexibility index (Phi) is 4.46. The summed E-state index contributed by atoms with van der Waals surface area (Å²) in [6.45, 7) is 6.33. The predicted molar refractivity (Wildman–Crippen MR) is 120 cm³/mol. The molecule has 0 saturated carbocycles. The van der Waals surface area contributed by atoms with Crippen LogP contribution in [0.15, 0.2) is 59.8 Å². The van der Waals surface area contributed by atoms with Crippen molar-refractivity contribution in [1.29, 1.82) is 0 Å². The summed E-state index contributed by atoms with van der Waals surface area (Å²) >= 11 is 0. The van der Waals surface area contributed by atoms with Crippen molar-refractivity contribution in [3.63, 3.8) is 0 Å². The maximum Gasteiger partial charge on any atom is 0.226 e. The molecule has 6 nitrogen and oxygen atoms in total. The summed E-state index contributed by atoms with van der Waals surface area (Å²) in [5.41, 5.74) is 4.75. The van der Waals surface area contributed by atoms with E-state index in [4.69, 9.17) is 14.8 Å². The molecule has 0 spiro atoms. The van der Waals surface area contributed by atoms with Crippen LogP contribution in [-0.2, 0) is 4.79 Å². The number of Topliss-reactive ketones (excluding diaryl/α,β-unsaturated/α-hetero) is 1. The molecule has 2 aliphatic rings. The van der Waals surface area contributed by atoms with E-state index in [0.29, 0.717) is 18.2 Å². The summed E-state index contributed by atoms with van der Waals surface area (Å²) in [6, 6.07) is 15.6. The number of hydrogen-bond acceptors (Lipinski definition) is 5. The number of fused-ring (bicyclic) bond motifs is 1. The van der Waals surface area contributed by atoms with E-state index in [0.717, 1.165) is 40.1 Å². The van der Waals surface area contributed by atoms with Gasteiger partial charge in [-0.15, -0.1) is 5.10 Å². The van der Waals surface area contributed by atoms with Crippen molar-refractivity contribution >= 4 is 11.7 Å². The molecule has 0 bridgehead atoms. The van der Waals surface area contributed by atoms with E-state index in [1.54, 1.807) is 7.11 Å². The second-order valence-corrected chi connectivity index (χ2v) is 9.15. The van der Waals surface area contributed by atoms with Gasteiger partial charge in [0.05, 0.1) is 7.11 Å². The lowest BCUT2D eigenvalue weighted by Gasteiger charge is -2.38. The van der Waals surface area contributed by atoms with Crippen molar-refractivity contribution in [3.05, 3.63) is 70.9 Å². The summed E-state index contributed by atoms with van der Waals surface area (Å²) in [7, 11) is 1.65. The van der Waals surface area contributed by atoms with E-state index in [-0.39, 0.29) is 17.2 Å². The van der Waals surface area contributed by atoms with Gasteiger partial charge < -0.3 is 10.1 Å². The van der Waals surface area contributed by atoms with Crippen LogP contribution in [0, 0.1) is 12.3 Å². The molecular weight excluding hydrogens is 388 g/mol. The van der Waals surface area contributed by atoms with Gasteiger partial charge in [-0.3, -0.25) is 4.79 Å². The van der Waals surface area contributed by atoms with E-state index in [1.165, 1.54) is 0 Å². The topological polar surface area (TPSA) is 69.0 Å². The van der Waals surface area contributed by atoms with E-state index in [9.17, 15) is 4.79 Å². The molecule has 0 saturated heterocycles. The summed E-state index contributed by atoms with van der Waals surface area (Å²) in [5.74, 6) is 2.27. The van der Waals surface area contributed by atoms with Crippen LogP contribution in [0.25, 0.3) is 11.4 Å². The molecule has 0 amide bonds. The first kappa shape index (κ1) is 19.5. The van der Waals surface area contributed by atoms with Crippen molar-refractivity contribution in [2.45, 2.75) is 39.7 Å². The van der Waals surface area contributed by atoms with Crippen LogP contribution >= 0.6 is 0 Å². The number of carbonyl (C=O) groups is 1. The maximum atomic E-state index is 13.3. The van der Waals surface area contributed by atoms with Gasteiger partial charge in [-0.2, -0.15) is 4.98 Å². The lowest BCUT2D eigenvalue weighted by molar-refractivity contribution is -0.118. The van der Waals surface area contributed by atoms with Crippen molar-refractivity contribution < 1.29 is 9.53 Å². The van der Waals surface area contributed by atoms with Gasteiger partial charge in [0, 0.05) is 23.3 Å². The van der Waals surface area contributed by atoms with Gasteiger partial charge in [-0.25, -0.2) is 4.68 Å². The van der Waals surface area contributed by atoms with Crippen LogP contribution in [0.3, 0.4) is 0 Å². The summed E-state index contributed by atoms with van der Waals surface area (Å²) < 4.78 is 7.19. The van der Waals surface area contributed by atoms with Gasteiger partial charge >= 0.3 is 0 Å². The summed E-state index contributed by atoms with van der Waals surface area (Å²) in [4.78, 5) is 18.1. The zero-order valence-corrected chi connectivity index (χ0v) is 18.3. The second kappa shape index (κ2) is 7.08. The number of carbonyl (C=O) groups excluding carboxylic acids is 1. The predicted octanol–water partition coefficient (Wildman–Crippen LogP) is 4.92. The van der Waals surface area contributed by atoms with Crippen molar-refractivity contribution in [3.8, 4) is 17.1 Å². The third-order valence-corrected chi connectivity index (χ3v) is 6.15. The van der Waals surface area contributed by atoms with Gasteiger partial charge in [0.1, 0.15) is 11.8 Å². The minimum atomic E-state index is -0.314. The first-order chi connectivity index (χ1) is 14.9. The molecule has 1 aliphatic carbocycles. The lowest BCUT2D eigenvalue weighted by Crippen LogP contribution is -2.36. The smallest absolute Gasteiger partial charge is 0.226 e. The molecule has 3 aromatic rings. The molecule has 5 rings (SSSR count). The van der Waals surface area contributed by atoms with E-state index in [1.807, 2.05) is 47.1 Å². The van der Waals surface area contributed by atoms with Crippen molar-refractivity contribution in [1.82, 2.24) is 14.8 Å². The lowest BCUT2D eigenvalue weighted by atomic mass is 9.73.